The number of nitrogens with zero attached hydrogens (tertiary/aromatic N) is 2. The molecule has 4 N–H and O–H groups in total. The minimum atomic E-state index is -1.73. The van der Waals surface area contributed by atoms with Crippen LogP contribution in [0.3, 0.4) is 0 Å². The van der Waals surface area contributed by atoms with Gasteiger partial charge in [-0.2, -0.15) is 0 Å². The number of fused-ring (bicyclic) bond motifs is 1. The van der Waals surface area contributed by atoms with Crippen LogP contribution in [0.2, 0.25) is 0 Å². The number of carbonyl (C=O) groups excluding carboxylic acids is 2. The number of thioether (sulfide) groups is 1. The Morgan fingerprint density at radius 2 is 2.03 bits per heavy atom. The van der Waals surface area contributed by atoms with Crippen molar-refractivity contribution in [2.75, 3.05) is 5.75 Å². The number of carboxylic acids is 2. The van der Waals surface area contributed by atoms with Gasteiger partial charge in [-0.15, -0.1) is 11.8 Å². The van der Waals surface area contributed by atoms with E-state index in [9.17, 15) is 29.4 Å². The van der Waals surface area contributed by atoms with Gasteiger partial charge in [-0.25, -0.2) is 9.59 Å². The zero-order chi connectivity index (χ0) is 27.8. The van der Waals surface area contributed by atoms with Crippen LogP contribution in [0.1, 0.15) is 52.2 Å². The van der Waals surface area contributed by atoms with E-state index in [0.29, 0.717) is 23.5 Å². The smallest absolute Gasteiger partial charge is 0.352 e. The van der Waals surface area contributed by atoms with Crippen LogP contribution >= 0.6 is 11.8 Å². The lowest BCUT2D eigenvalue weighted by Gasteiger charge is -2.50. The Kier molecular flexibility index (Phi) is 7.68. The Labute approximate surface area is 222 Å². The molecule has 0 bridgehead atoms. The van der Waals surface area contributed by atoms with Crippen LogP contribution in [-0.2, 0) is 24.0 Å². The summed E-state index contributed by atoms with van der Waals surface area (Å²) in [6, 6.07) is 1.91. The topological polar surface area (TPSA) is 183 Å². The van der Waals surface area contributed by atoms with E-state index in [0.717, 1.165) is 19.3 Å². The fraction of sp³-hybridized carbons (Fsp3) is 0.520. The lowest BCUT2D eigenvalue weighted by Crippen LogP contribution is -2.71. The second kappa shape index (κ2) is 10.6. The maximum Gasteiger partial charge on any atom is 0.352 e. The standard InChI is InChI=1S/C25H30N4O8S/c1-12-13(7-4-5-8-15(12)26)14-11-38-22-18(21(31)29(22)19(14)23(32)33)27-20(30)17(16-9-6-10-36-16)28-37-25(2,3)24(34)35/h6,9-10,12-13,18,22,26H,4-5,7-8,11H2,1-3H3,(H,27,30)(H,32,33)(H,34,35)/t12?,13?,18-,22-/m1/s1. The molecule has 1 aromatic heterocycles. The molecule has 1 saturated heterocycles. The minimum Gasteiger partial charge on any atom is -0.478 e. The lowest BCUT2D eigenvalue weighted by atomic mass is 9.81. The number of rotatable bonds is 8. The molecular weight excluding hydrogens is 516 g/mol. The van der Waals surface area contributed by atoms with Crippen molar-refractivity contribution in [2.24, 2.45) is 17.0 Å². The summed E-state index contributed by atoms with van der Waals surface area (Å²) in [7, 11) is 0. The maximum absolute atomic E-state index is 13.2. The summed E-state index contributed by atoms with van der Waals surface area (Å²) in [5.74, 6) is -3.82. The Balaban J connectivity index is 1.57. The predicted octanol–water partition coefficient (Wildman–Crippen LogP) is 2.45. The Bertz CT molecular complexity index is 1220. The normalized spacial score (nSPS) is 26.3. The van der Waals surface area contributed by atoms with Crippen molar-refractivity contribution < 1.29 is 38.6 Å². The third-order valence-electron chi connectivity index (χ3n) is 7.15. The highest BCUT2D eigenvalue weighted by atomic mass is 32.2. The molecule has 1 aromatic rings. The third-order valence-corrected chi connectivity index (χ3v) is 8.45. The van der Waals surface area contributed by atoms with Gasteiger partial charge in [0.1, 0.15) is 17.1 Å². The van der Waals surface area contributed by atoms with Crippen LogP contribution in [0, 0.1) is 17.2 Å². The molecule has 38 heavy (non-hydrogen) atoms. The van der Waals surface area contributed by atoms with Gasteiger partial charge in [-0.05, 0) is 56.7 Å². The molecule has 3 aliphatic rings. The first-order chi connectivity index (χ1) is 17.9. The van der Waals surface area contributed by atoms with Crippen molar-refractivity contribution in [3.8, 4) is 0 Å². The molecule has 204 valence electrons. The number of amides is 2. The highest BCUT2D eigenvalue weighted by Gasteiger charge is 2.55. The van der Waals surface area contributed by atoms with Gasteiger partial charge in [-0.3, -0.25) is 14.5 Å². The number of nitrogens with one attached hydrogen (secondary N) is 2. The Hall–Kier alpha value is -3.61. The zero-order valence-corrected chi connectivity index (χ0v) is 22.0. The number of hydrogen-bond acceptors (Lipinski definition) is 9. The van der Waals surface area contributed by atoms with E-state index in [1.165, 1.54) is 48.9 Å². The van der Waals surface area contributed by atoms with Crippen molar-refractivity contribution in [3.63, 3.8) is 0 Å². The lowest BCUT2D eigenvalue weighted by molar-refractivity contribution is -0.161. The van der Waals surface area contributed by atoms with E-state index in [2.05, 4.69) is 10.5 Å². The van der Waals surface area contributed by atoms with Crippen LogP contribution < -0.4 is 5.32 Å². The molecule has 4 atom stereocenters. The van der Waals surface area contributed by atoms with Crippen LogP contribution in [0.4, 0.5) is 0 Å². The second-order valence-corrected chi connectivity index (χ2v) is 11.1. The van der Waals surface area contributed by atoms with Gasteiger partial charge in [0.25, 0.3) is 11.8 Å². The SMILES string of the molecule is CC1C(=N)CCCCC1C1=C(C(=O)O)N2C(=O)[C@@H](NC(=O)C(=NOC(C)(C)C(=O)O)c3ccco3)[C@H]2SC1. The third kappa shape index (κ3) is 5.06. The minimum absolute atomic E-state index is 0.00169. The highest BCUT2D eigenvalue weighted by Crippen LogP contribution is 2.45. The molecule has 2 unspecified atom stereocenters. The van der Waals surface area contributed by atoms with Crippen LogP contribution in [0.25, 0.3) is 0 Å². The highest BCUT2D eigenvalue weighted by molar-refractivity contribution is 8.00. The first kappa shape index (κ1) is 27.4. The molecule has 3 heterocycles. The molecule has 13 heteroatoms. The van der Waals surface area contributed by atoms with Gasteiger partial charge >= 0.3 is 11.9 Å². The number of carbonyl (C=O) groups is 4. The number of oxime groups is 1. The second-order valence-electron chi connectivity index (χ2n) is 10.0. The molecule has 0 aromatic carbocycles. The summed E-state index contributed by atoms with van der Waals surface area (Å²) in [6.45, 7) is 4.46. The van der Waals surface area contributed by atoms with Crippen molar-refractivity contribution in [1.82, 2.24) is 10.2 Å². The van der Waals surface area contributed by atoms with Crippen molar-refractivity contribution in [3.05, 3.63) is 35.4 Å². The van der Waals surface area contributed by atoms with Crippen molar-refractivity contribution >= 4 is 46.9 Å². The Morgan fingerprint density at radius 1 is 1.29 bits per heavy atom. The first-order valence-corrected chi connectivity index (χ1v) is 13.3. The molecule has 2 aliphatic heterocycles. The van der Waals surface area contributed by atoms with E-state index in [4.69, 9.17) is 14.7 Å². The first-order valence-electron chi connectivity index (χ1n) is 12.3. The summed E-state index contributed by atoms with van der Waals surface area (Å²) in [5, 5.41) is 33.3. The number of carboxylic acid groups (broad SMARTS) is 2. The quantitative estimate of drug-likeness (QED) is 0.165. The molecule has 0 spiro atoms. The van der Waals surface area contributed by atoms with Gasteiger partial charge < -0.3 is 30.2 Å². The van der Waals surface area contributed by atoms with Gasteiger partial charge in [0.2, 0.25) is 11.3 Å². The molecule has 2 fully saturated rings. The molecule has 0 radical (unpaired) electrons. The molecule has 1 aliphatic carbocycles. The summed E-state index contributed by atoms with van der Waals surface area (Å²) in [6.07, 6.45) is 4.50. The maximum atomic E-state index is 13.2. The molecule has 1 saturated carbocycles. The molecule has 12 nitrogen and oxygen atoms in total. The van der Waals surface area contributed by atoms with Gasteiger partial charge in [0.05, 0.1) is 6.26 Å². The monoisotopic (exact) mass is 546 g/mol. The summed E-state index contributed by atoms with van der Waals surface area (Å²) >= 11 is 1.36. The Morgan fingerprint density at radius 3 is 2.66 bits per heavy atom. The van der Waals surface area contributed by atoms with E-state index < -0.39 is 40.8 Å². The predicted molar refractivity (Wildman–Crippen MR) is 137 cm³/mol. The van der Waals surface area contributed by atoms with E-state index in [1.807, 2.05) is 6.92 Å². The van der Waals surface area contributed by atoms with Crippen LogP contribution in [0.5, 0.6) is 0 Å². The molecule has 4 rings (SSSR count). The summed E-state index contributed by atoms with van der Waals surface area (Å²) in [4.78, 5) is 56.3. The van der Waals surface area contributed by atoms with Crippen LogP contribution in [-0.4, -0.2) is 73.1 Å². The van der Waals surface area contributed by atoms with Crippen molar-refractivity contribution in [1.29, 1.82) is 5.41 Å². The number of hydrogen-bond donors (Lipinski definition) is 4. The molecular formula is C25H30N4O8S. The van der Waals surface area contributed by atoms with Crippen molar-refractivity contribution in [2.45, 2.75) is 63.5 Å². The molecule has 2 amide bonds. The number of furan rings is 1. The van der Waals surface area contributed by atoms with E-state index in [1.54, 1.807) is 0 Å². The largest absolute Gasteiger partial charge is 0.478 e. The number of β-lactam (4-membered cyclic amide) rings is 1. The summed E-state index contributed by atoms with van der Waals surface area (Å²) in [5.41, 5.74) is -0.920. The number of aliphatic carboxylic acids is 2. The fourth-order valence-corrected chi connectivity index (χ4v) is 6.26. The van der Waals surface area contributed by atoms with Crippen LogP contribution in [0.15, 0.2) is 39.2 Å². The van der Waals surface area contributed by atoms with Gasteiger partial charge in [0, 0.05) is 17.4 Å². The average molecular weight is 547 g/mol. The van der Waals surface area contributed by atoms with Gasteiger partial charge in [0.15, 0.2) is 5.76 Å². The zero-order valence-electron chi connectivity index (χ0n) is 21.2. The average Bonchev–Trinajstić information content (AvgIpc) is 3.34. The fourth-order valence-electron chi connectivity index (χ4n) is 4.82. The van der Waals surface area contributed by atoms with E-state index >= 15 is 0 Å². The van der Waals surface area contributed by atoms with E-state index in [-0.39, 0.29) is 29.0 Å². The summed E-state index contributed by atoms with van der Waals surface area (Å²) < 4.78 is 5.25. The van der Waals surface area contributed by atoms with Gasteiger partial charge in [-0.1, -0.05) is 18.5 Å².